The molecule has 1 aromatic heterocycles. The lowest BCUT2D eigenvalue weighted by Gasteiger charge is -2.28. The molecule has 2 atom stereocenters. The summed E-state index contributed by atoms with van der Waals surface area (Å²) in [4.78, 5) is 13.6. The summed E-state index contributed by atoms with van der Waals surface area (Å²) in [7, 11) is 0. The molecule has 0 radical (unpaired) electrons. The van der Waals surface area contributed by atoms with Crippen LogP contribution in [0.4, 0.5) is 10.3 Å². The average Bonchev–Trinajstić information content (AvgIpc) is 2.55. The Bertz CT molecular complexity index is 702. The van der Waals surface area contributed by atoms with Crippen molar-refractivity contribution in [2.45, 2.75) is 31.6 Å². The van der Waals surface area contributed by atoms with Gasteiger partial charge in [-0.2, -0.15) is 0 Å². The first-order valence-corrected chi connectivity index (χ1v) is 7.69. The molecule has 0 saturated carbocycles. The van der Waals surface area contributed by atoms with Gasteiger partial charge in [0.25, 0.3) is 0 Å². The maximum Gasteiger partial charge on any atom is 0.220 e. The number of aromatic nitrogens is 2. The van der Waals surface area contributed by atoms with E-state index < -0.39 is 0 Å². The van der Waals surface area contributed by atoms with Crippen molar-refractivity contribution in [3.05, 3.63) is 53.1 Å². The quantitative estimate of drug-likeness (QED) is 0.695. The second kappa shape index (κ2) is 6.73. The number of rotatable bonds is 4. The Labute approximate surface area is 134 Å². The van der Waals surface area contributed by atoms with Crippen molar-refractivity contribution in [3.8, 4) is 0 Å². The second-order valence-corrected chi connectivity index (χ2v) is 5.60. The van der Waals surface area contributed by atoms with Crippen molar-refractivity contribution in [2.24, 2.45) is 5.16 Å². The van der Waals surface area contributed by atoms with Gasteiger partial charge in [-0.1, -0.05) is 17.3 Å². The van der Waals surface area contributed by atoms with E-state index >= 15 is 0 Å². The van der Waals surface area contributed by atoms with Crippen LogP contribution in [0.1, 0.15) is 42.0 Å². The van der Waals surface area contributed by atoms with Gasteiger partial charge in [-0.3, -0.25) is 0 Å². The molecule has 0 spiro atoms. The van der Waals surface area contributed by atoms with Crippen LogP contribution < -0.4 is 5.73 Å². The minimum Gasteiger partial charge on any atom is -0.396 e. The van der Waals surface area contributed by atoms with E-state index in [2.05, 4.69) is 15.1 Å². The van der Waals surface area contributed by atoms with Crippen LogP contribution in [-0.2, 0) is 11.3 Å². The molecular formula is C17H19FN4O. The normalized spacial score (nSPS) is 20.4. The number of nitrogens with zero attached hydrogens (tertiary/aromatic N) is 3. The molecule has 6 heteroatoms. The van der Waals surface area contributed by atoms with E-state index in [0.29, 0.717) is 6.61 Å². The van der Waals surface area contributed by atoms with Crippen LogP contribution in [0.2, 0.25) is 0 Å². The molecule has 2 aromatic rings. The number of oxime groups is 1. The van der Waals surface area contributed by atoms with Gasteiger partial charge in [-0.15, -0.1) is 0 Å². The first kappa shape index (κ1) is 15.4. The van der Waals surface area contributed by atoms with Gasteiger partial charge >= 0.3 is 0 Å². The predicted octanol–water partition coefficient (Wildman–Crippen LogP) is 3.03. The summed E-state index contributed by atoms with van der Waals surface area (Å²) in [5.74, 6) is 0.325. The number of hydrogen-bond donors (Lipinski definition) is 1. The average molecular weight is 314 g/mol. The molecule has 0 aliphatic heterocycles. The first-order valence-electron chi connectivity index (χ1n) is 7.69. The smallest absolute Gasteiger partial charge is 0.220 e. The Balaban J connectivity index is 1.92. The molecule has 23 heavy (non-hydrogen) atoms. The first-order chi connectivity index (χ1) is 11.2. The van der Waals surface area contributed by atoms with Crippen molar-refractivity contribution < 1.29 is 9.23 Å². The number of anilines is 1. The van der Waals surface area contributed by atoms with Crippen LogP contribution in [0, 0.1) is 5.82 Å². The highest BCUT2D eigenvalue weighted by molar-refractivity contribution is 5.68. The molecule has 2 unspecified atom stereocenters. The van der Waals surface area contributed by atoms with Crippen LogP contribution in [-0.4, -0.2) is 22.8 Å². The summed E-state index contributed by atoms with van der Waals surface area (Å²) in [5.41, 5.74) is 8.76. The van der Waals surface area contributed by atoms with Gasteiger partial charge in [-0.05, 0) is 43.4 Å². The molecule has 3 rings (SSSR count). The summed E-state index contributed by atoms with van der Waals surface area (Å²) in [6.07, 6.45) is 5.16. The highest BCUT2D eigenvalue weighted by atomic mass is 19.1. The second-order valence-electron chi connectivity index (χ2n) is 5.60. The van der Waals surface area contributed by atoms with Gasteiger partial charge in [0.05, 0.1) is 11.9 Å². The molecule has 1 aromatic carbocycles. The number of hydrogen-bond acceptors (Lipinski definition) is 5. The molecule has 1 aliphatic carbocycles. The molecular weight excluding hydrogens is 295 g/mol. The zero-order chi connectivity index (χ0) is 16.2. The fraction of sp³-hybridized carbons (Fsp3) is 0.353. The number of nitrogen functional groups attached to an aromatic ring is 1. The van der Waals surface area contributed by atoms with Crippen LogP contribution in [0.15, 0.2) is 35.6 Å². The van der Waals surface area contributed by atoms with Gasteiger partial charge in [0.15, 0.2) is 0 Å². The summed E-state index contributed by atoms with van der Waals surface area (Å²) < 4.78 is 13.2. The third-order valence-electron chi connectivity index (χ3n) is 4.08. The Kier molecular flexibility index (Phi) is 4.50. The van der Waals surface area contributed by atoms with Crippen molar-refractivity contribution in [1.29, 1.82) is 0 Å². The maximum atomic E-state index is 13.2. The standard InChI is InChI=1S/C17H19FN4O/c1-2-23-21-9-13-7-12(11-3-5-14(18)6-4-11)8-16-15(13)10-20-17(19)22-16/h3-6,9-10,12-13H,2,7-8H2,1H3,(H2,19,20,22). The number of nitrogens with two attached hydrogens (primary N) is 1. The largest absolute Gasteiger partial charge is 0.396 e. The maximum absolute atomic E-state index is 13.2. The van der Waals surface area contributed by atoms with Gasteiger partial charge in [0.2, 0.25) is 5.95 Å². The summed E-state index contributed by atoms with van der Waals surface area (Å²) in [6.45, 7) is 2.41. The minimum absolute atomic E-state index is 0.0564. The fourth-order valence-electron chi connectivity index (χ4n) is 2.99. The Morgan fingerprint density at radius 1 is 1.39 bits per heavy atom. The third kappa shape index (κ3) is 3.47. The van der Waals surface area contributed by atoms with Gasteiger partial charge in [0.1, 0.15) is 12.4 Å². The van der Waals surface area contributed by atoms with Gasteiger partial charge in [-0.25, -0.2) is 14.4 Å². The molecule has 5 nitrogen and oxygen atoms in total. The van der Waals surface area contributed by atoms with E-state index in [1.165, 1.54) is 12.1 Å². The van der Waals surface area contributed by atoms with Crippen molar-refractivity contribution in [3.63, 3.8) is 0 Å². The summed E-state index contributed by atoms with van der Waals surface area (Å²) in [5, 5.41) is 4.01. The van der Waals surface area contributed by atoms with E-state index in [1.54, 1.807) is 12.4 Å². The lowest BCUT2D eigenvalue weighted by Crippen LogP contribution is -2.21. The monoisotopic (exact) mass is 314 g/mol. The fourth-order valence-corrected chi connectivity index (χ4v) is 2.99. The number of fused-ring (bicyclic) bond motifs is 1. The highest BCUT2D eigenvalue weighted by Crippen LogP contribution is 2.38. The van der Waals surface area contributed by atoms with Crippen LogP contribution >= 0.6 is 0 Å². The third-order valence-corrected chi connectivity index (χ3v) is 4.08. The van der Waals surface area contributed by atoms with Crippen LogP contribution in [0.3, 0.4) is 0 Å². The molecule has 0 saturated heterocycles. The van der Waals surface area contributed by atoms with E-state index in [0.717, 1.165) is 29.7 Å². The Morgan fingerprint density at radius 2 is 2.17 bits per heavy atom. The molecule has 0 fully saturated rings. The molecule has 1 heterocycles. The van der Waals surface area contributed by atoms with Crippen LogP contribution in [0.5, 0.6) is 0 Å². The van der Waals surface area contributed by atoms with Crippen molar-refractivity contribution >= 4 is 12.2 Å². The Morgan fingerprint density at radius 3 is 2.91 bits per heavy atom. The highest BCUT2D eigenvalue weighted by Gasteiger charge is 2.28. The molecule has 120 valence electrons. The molecule has 1 aliphatic rings. The Hall–Kier alpha value is -2.50. The van der Waals surface area contributed by atoms with E-state index in [-0.39, 0.29) is 23.6 Å². The zero-order valence-corrected chi connectivity index (χ0v) is 12.9. The van der Waals surface area contributed by atoms with Crippen molar-refractivity contribution in [1.82, 2.24) is 9.97 Å². The lowest BCUT2D eigenvalue weighted by atomic mass is 9.77. The number of halogens is 1. The minimum atomic E-state index is -0.231. The zero-order valence-electron chi connectivity index (χ0n) is 12.9. The molecule has 0 bridgehead atoms. The van der Waals surface area contributed by atoms with E-state index in [4.69, 9.17) is 10.6 Å². The van der Waals surface area contributed by atoms with Crippen molar-refractivity contribution in [2.75, 3.05) is 12.3 Å². The van der Waals surface area contributed by atoms with E-state index in [1.807, 2.05) is 19.1 Å². The predicted molar refractivity (Wildman–Crippen MR) is 86.8 cm³/mol. The number of benzene rings is 1. The van der Waals surface area contributed by atoms with Crippen LogP contribution in [0.25, 0.3) is 0 Å². The molecule has 0 amide bonds. The SMILES string of the molecule is CCON=CC1CC(c2ccc(F)cc2)Cc2nc(N)ncc21. The lowest BCUT2D eigenvalue weighted by molar-refractivity contribution is 0.159. The van der Waals surface area contributed by atoms with Gasteiger partial charge < -0.3 is 10.6 Å². The summed E-state index contributed by atoms with van der Waals surface area (Å²) in [6, 6.07) is 6.63. The topological polar surface area (TPSA) is 73.4 Å². The van der Waals surface area contributed by atoms with E-state index in [9.17, 15) is 4.39 Å². The summed E-state index contributed by atoms with van der Waals surface area (Å²) >= 11 is 0. The van der Waals surface area contributed by atoms with Gasteiger partial charge in [0, 0.05) is 17.7 Å². The molecule has 2 N–H and O–H groups in total.